The minimum atomic E-state index is -3.77. The Hall–Kier alpha value is -2.45. The van der Waals surface area contributed by atoms with E-state index in [0.29, 0.717) is 21.8 Å². The molecular weight excluding hydrogens is 488 g/mol. The maximum Gasteiger partial charge on any atom is 0.308 e. The predicted molar refractivity (Wildman–Crippen MR) is 141 cm³/mol. The fourth-order valence-corrected chi connectivity index (χ4v) is 6.16. The average molecular weight is 515 g/mol. The second-order valence-corrected chi connectivity index (χ2v) is 12.6. The highest BCUT2D eigenvalue weighted by atomic mass is 35.5. The molecule has 178 valence electrons. The van der Waals surface area contributed by atoms with E-state index in [4.69, 9.17) is 11.6 Å². The van der Waals surface area contributed by atoms with Gasteiger partial charge in [0.15, 0.2) is 0 Å². The second kappa shape index (κ2) is 9.30. The molecule has 1 atom stereocenters. The number of nitrogens with one attached hydrogen (secondary N) is 1. The van der Waals surface area contributed by atoms with Crippen molar-refractivity contribution in [3.63, 3.8) is 0 Å². The Morgan fingerprint density at radius 1 is 1.00 bits per heavy atom. The predicted octanol–water partition coefficient (Wildman–Crippen LogP) is 6.10. The first-order valence-corrected chi connectivity index (χ1v) is 13.6. The monoisotopic (exact) mass is 514 g/mol. The first kappa shape index (κ1) is 24.7. The summed E-state index contributed by atoms with van der Waals surface area (Å²) in [5.41, 5.74) is 3.75. The molecule has 1 unspecified atom stereocenters. The molecule has 4 rings (SSSR count). The summed E-state index contributed by atoms with van der Waals surface area (Å²) in [6.07, 6.45) is 0. The van der Waals surface area contributed by atoms with Crippen LogP contribution in [0.15, 0.2) is 76.4 Å². The van der Waals surface area contributed by atoms with Crippen LogP contribution in [0.25, 0.3) is 10.2 Å². The number of benzene rings is 3. The molecule has 1 aromatic heterocycles. The number of sulfonamides is 1. The Balaban J connectivity index is 1.57. The van der Waals surface area contributed by atoms with Gasteiger partial charge in [0, 0.05) is 11.1 Å². The normalized spacial score (nSPS) is 13.3. The van der Waals surface area contributed by atoms with Crippen molar-refractivity contribution in [3.05, 3.63) is 98.1 Å². The Labute approximate surface area is 209 Å². The van der Waals surface area contributed by atoms with E-state index < -0.39 is 16.1 Å². The number of rotatable bonds is 6. The van der Waals surface area contributed by atoms with Gasteiger partial charge in [-0.15, -0.1) is 0 Å². The fraction of sp³-hybridized carbons (Fsp3) is 0.269. The summed E-state index contributed by atoms with van der Waals surface area (Å²) >= 11 is 6.99. The molecule has 0 aliphatic carbocycles. The van der Waals surface area contributed by atoms with E-state index in [1.165, 1.54) is 5.56 Å². The molecule has 5 nitrogen and oxygen atoms in total. The van der Waals surface area contributed by atoms with E-state index in [2.05, 4.69) is 25.5 Å². The molecule has 0 saturated carbocycles. The van der Waals surface area contributed by atoms with Gasteiger partial charge >= 0.3 is 4.87 Å². The van der Waals surface area contributed by atoms with Crippen molar-refractivity contribution in [1.29, 1.82) is 0 Å². The third-order valence-electron chi connectivity index (χ3n) is 5.81. The molecule has 34 heavy (non-hydrogen) atoms. The molecule has 3 aromatic carbocycles. The lowest BCUT2D eigenvalue weighted by atomic mass is 9.86. The first-order valence-electron chi connectivity index (χ1n) is 10.9. The van der Waals surface area contributed by atoms with Crippen LogP contribution in [0.1, 0.15) is 50.4 Å². The molecule has 0 spiro atoms. The zero-order valence-electron chi connectivity index (χ0n) is 19.5. The molecule has 0 aliphatic heterocycles. The van der Waals surface area contributed by atoms with Gasteiger partial charge in [-0.3, -0.25) is 9.36 Å². The molecule has 0 fully saturated rings. The van der Waals surface area contributed by atoms with Gasteiger partial charge in [0.05, 0.1) is 21.7 Å². The summed E-state index contributed by atoms with van der Waals surface area (Å²) in [7, 11) is -3.77. The van der Waals surface area contributed by atoms with Crippen molar-refractivity contribution in [1.82, 2.24) is 9.29 Å². The maximum atomic E-state index is 13.1. The van der Waals surface area contributed by atoms with E-state index in [1.807, 2.05) is 43.3 Å². The molecule has 4 aromatic rings. The lowest BCUT2D eigenvalue weighted by molar-refractivity contribution is 0.566. The minimum Gasteiger partial charge on any atom is -0.294 e. The molecule has 1 heterocycles. The van der Waals surface area contributed by atoms with E-state index in [1.54, 1.807) is 34.9 Å². The van der Waals surface area contributed by atoms with Crippen molar-refractivity contribution < 1.29 is 8.42 Å². The number of fused-ring (bicyclic) bond motifs is 1. The molecule has 0 bridgehead atoms. The third-order valence-corrected chi connectivity index (χ3v) is 8.54. The van der Waals surface area contributed by atoms with Gasteiger partial charge in [-0.1, -0.05) is 80.1 Å². The van der Waals surface area contributed by atoms with E-state index >= 15 is 0 Å². The topological polar surface area (TPSA) is 68.2 Å². The summed E-state index contributed by atoms with van der Waals surface area (Å²) in [6, 6.07) is 19.7. The number of aromatic nitrogens is 1. The third kappa shape index (κ3) is 5.28. The number of thiazole rings is 1. The lowest BCUT2D eigenvalue weighted by Gasteiger charge is -2.20. The van der Waals surface area contributed by atoms with Crippen LogP contribution < -0.4 is 9.60 Å². The molecular formula is C26H27ClN2O3S2. The smallest absolute Gasteiger partial charge is 0.294 e. The van der Waals surface area contributed by atoms with Crippen LogP contribution in [0, 0.1) is 0 Å². The van der Waals surface area contributed by atoms with Crippen LogP contribution in [-0.4, -0.2) is 13.0 Å². The van der Waals surface area contributed by atoms with Gasteiger partial charge in [-0.05, 0) is 59.4 Å². The molecule has 0 amide bonds. The summed E-state index contributed by atoms with van der Waals surface area (Å²) in [5, 5.41) is 0.632. The Morgan fingerprint density at radius 3 is 2.26 bits per heavy atom. The Kier molecular flexibility index (Phi) is 6.75. The molecule has 0 aliphatic rings. The zero-order chi connectivity index (χ0) is 24.7. The van der Waals surface area contributed by atoms with Gasteiger partial charge in [-0.2, -0.15) is 0 Å². The van der Waals surface area contributed by atoms with Crippen LogP contribution in [0.4, 0.5) is 0 Å². The number of hydrogen-bond acceptors (Lipinski definition) is 4. The van der Waals surface area contributed by atoms with Gasteiger partial charge in [0.25, 0.3) is 0 Å². The van der Waals surface area contributed by atoms with Gasteiger partial charge in [0.1, 0.15) is 0 Å². The molecule has 0 saturated heterocycles. The van der Waals surface area contributed by atoms with Crippen molar-refractivity contribution in [2.24, 2.45) is 0 Å². The van der Waals surface area contributed by atoms with Crippen molar-refractivity contribution >= 4 is 43.2 Å². The lowest BCUT2D eigenvalue weighted by Crippen LogP contribution is -2.27. The molecule has 8 heteroatoms. The number of nitrogens with zero attached hydrogens (tertiary/aromatic N) is 1. The highest BCUT2D eigenvalue weighted by Gasteiger charge is 2.21. The van der Waals surface area contributed by atoms with Gasteiger partial charge in [0.2, 0.25) is 10.0 Å². The standard InChI is InChI=1S/C26H27ClN2O3S2/c1-17(19-7-9-20(10-8-19)26(2,3)4)28-34(31,32)22-13-14-23-24(15-22)33-25(30)29(23)16-18-5-11-21(27)12-6-18/h5-15,17,28H,16H2,1-4H3. The van der Waals surface area contributed by atoms with Crippen molar-refractivity contribution in [2.45, 2.75) is 50.6 Å². The Bertz CT molecular complexity index is 1480. The van der Waals surface area contributed by atoms with Crippen LogP contribution in [0.3, 0.4) is 0 Å². The van der Waals surface area contributed by atoms with Crippen LogP contribution in [0.5, 0.6) is 0 Å². The van der Waals surface area contributed by atoms with Gasteiger partial charge in [-0.25, -0.2) is 13.1 Å². The largest absolute Gasteiger partial charge is 0.308 e. The quantitative estimate of drug-likeness (QED) is 0.338. The second-order valence-electron chi connectivity index (χ2n) is 9.43. The average Bonchev–Trinajstić information content (AvgIpc) is 3.08. The number of halogens is 1. The maximum absolute atomic E-state index is 13.1. The SMILES string of the molecule is CC(NS(=O)(=O)c1ccc2c(c1)sc(=O)n2Cc1ccc(Cl)cc1)c1ccc(C(C)(C)C)cc1. The van der Waals surface area contributed by atoms with E-state index in [9.17, 15) is 13.2 Å². The van der Waals surface area contributed by atoms with Crippen LogP contribution >= 0.6 is 22.9 Å². The van der Waals surface area contributed by atoms with Crippen molar-refractivity contribution in [3.8, 4) is 0 Å². The first-order chi connectivity index (χ1) is 15.9. The zero-order valence-corrected chi connectivity index (χ0v) is 21.9. The summed E-state index contributed by atoms with van der Waals surface area (Å²) < 4.78 is 31.2. The van der Waals surface area contributed by atoms with E-state index in [0.717, 1.165) is 22.5 Å². The van der Waals surface area contributed by atoms with Crippen LogP contribution in [0.2, 0.25) is 5.02 Å². The van der Waals surface area contributed by atoms with Crippen LogP contribution in [-0.2, 0) is 22.0 Å². The summed E-state index contributed by atoms with van der Waals surface area (Å²) in [5.74, 6) is 0. The minimum absolute atomic E-state index is 0.0300. The summed E-state index contributed by atoms with van der Waals surface area (Å²) in [6.45, 7) is 8.63. The van der Waals surface area contributed by atoms with E-state index in [-0.39, 0.29) is 15.2 Å². The molecule has 0 radical (unpaired) electrons. The Morgan fingerprint density at radius 2 is 1.65 bits per heavy atom. The molecule has 1 N–H and O–H groups in total. The fourth-order valence-electron chi connectivity index (χ4n) is 3.78. The highest BCUT2D eigenvalue weighted by molar-refractivity contribution is 7.89. The number of hydrogen-bond donors (Lipinski definition) is 1. The van der Waals surface area contributed by atoms with Gasteiger partial charge < -0.3 is 0 Å². The van der Waals surface area contributed by atoms with Crippen molar-refractivity contribution in [2.75, 3.05) is 0 Å². The highest BCUT2D eigenvalue weighted by Crippen LogP contribution is 2.26. The summed E-state index contributed by atoms with van der Waals surface area (Å²) in [4.78, 5) is 12.6.